The van der Waals surface area contributed by atoms with Crippen molar-refractivity contribution in [2.24, 2.45) is 5.73 Å². The van der Waals surface area contributed by atoms with Crippen LogP contribution in [0.5, 0.6) is 11.5 Å². The van der Waals surface area contributed by atoms with Gasteiger partial charge in [-0.05, 0) is 38.1 Å². The van der Waals surface area contributed by atoms with Gasteiger partial charge in [0.1, 0.15) is 13.2 Å². The Morgan fingerprint density at radius 3 is 2.70 bits per heavy atom. The molecule has 0 bridgehead atoms. The first kappa shape index (κ1) is 15.4. The third kappa shape index (κ3) is 3.03. The van der Waals surface area contributed by atoms with Crippen molar-refractivity contribution in [2.75, 3.05) is 26.8 Å². The molecule has 0 spiro atoms. The first-order valence-electron chi connectivity index (χ1n) is 7.09. The minimum Gasteiger partial charge on any atom is -0.486 e. The molecule has 0 saturated carbocycles. The highest BCUT2D eigenvalue weighted by atomic mass is 35.5. The normalized spacial score (nSPS) is 17.1. The second-order valence-electron chi connectivity index (χ2n) is 5.20. The molecule has 2 atom stereocenters. The van der Waals surface area contributed by atoms with Crippen LogP contribution in [0.2, 0.25) is 5.02 Å². The van der Waals surface area contributed by atoms with Crippen LogP contribution in [0.1, 0.15) is 31.9 Å². The van der Waals surface area contributed by atoms with Crippen LogP contribution in [0.3, 0.4) is 0 Å². The minimum atomic E-state index is 0.123. The molecule has 2 N–H and O–H groups in total. The molecule has 1 aliphatic heterocycles. The molecule has 0 amide bonds. The zero-order valence-corrected chi connectivity index (χ0v) is 13.1. The third-order valence-electron chi connectivity index (χ3n) is 4.00. The molecule has 112 valence electrons. The summed E-state index contributed by atoms with van der Waals surface area (Å²) in [7, 11) is 2.09. The van der Waals surface area contributed by atoms with Gasteiger partial charge in [-0.25, -0.2) is 0 Å². The Morgan fingerprint density at radius 1 is 1.35 bits per heavy atom. The molecule has 1 aromatic carbocycles. The third-order valence-corrected chi connectivity index (χ3v) is 4.29. The maximum atomic E-state index is 6.30. The van der Waals surface area contributed by atoms with Gasteiger partial charge in [-0.2, -0.15) is 0 Å². The van der Waals surface area contributed by atoms with E-state index < -0.39 is 0 Å². The van der Waals surface area contributed by atoms with Gasteiger partial charge in [0.25, 0.3) is 0 Å². The number of benzene rings is 1. The zero-order valence-electron chi connectivity index (χ0n) is 12.4. The van der Waals surface area contributed by atoms with E-state index in [1.165, 1.54) is 0 Å². The Hall–Kier alpha value is -0.970. The number of ether oxygens (including phenoxy) is 2. The lowest BCUT2D eigenvalue weighted by molar-refractivity contribution is 0.167. The fourth-order valence-corrected chi connectivity index (χ4v) is 2.73. The molecule has 1 heterocycles. The molecule has 20 heavy (non-hydrogen) atoms. The van der Waals surface area contributed by atoms with Gasteiger partial charge in [0, 0.05) is 18.6 Å². The SMILES string of the molecule is CCC(C)N(C)C(CN)c1cc(Cl)c2c(c1)OCCO2. The maximum Gasteiger partial charge on any atom is 0.179 e. The van der Waals surface area contributed by atoms with Crippen molar-refractivity contribution in [3.8, 4) is 11.5 Å². The van der Waals surface area contributed by atoms with E-state index in [1.54, 1.807) is 0 Å². The van der Waals surface area contributed by atoms with Gasteiger partial charge < -0.3 is 15.2 Å². The summed E-state index contributed by atoms with van der Waals surface area (Å²) in [6.45, 7) is 6.01. The fourth-order valence-electron chi connectivity index (χ4n) is 2.46. The first-order chi connectivity index (χ1) is 9.58. The standard InChI is InChI=1S/C15H23ClN2O2/c1-4-10(2)18(3)13(9-17)11-7-12(16)15-14(8-11)19-5-6-20-15/h7-8,10,13H,4-6,9,17H2,1-3H3. The molecule has 4 nitrogen and oxygen atoms in total. The molecule has 2 unspecified atom stereocenters. The van der Waals surface area contributed by atoms with Crippen LogP contribution in [0.25, 0.3) is 0 Å². The smallest absolute Gasteiger partial charge is 0.179 e. The van der Waals surface area contributed by atoms with Crippen molar-refractivity contribution in [3.05, 3.63) is 22.7 Å². The molecule has 1 aliphatic rings. The van der Waals surface area contributed by atoms with Crippen molar-refractivity contribution in [1.82, 2.24) is 4.90 Å². The van der Waals surface area contributed by atoms with Crippen LogP contribution >= 0.6 is 11.6 Å². The van der Waals surface area contributed by atoms with E-state index in [0.717, 1.165) is 17.7 Å². The van der Waals surface area contributed by atoms with E-state index in [4.69, 9.17) is 26.8 Å². The van der Waals surface area contributed by atoms with E-state index in [-0.39, 0.29) is 6.04 Å². The molecule has 0 saturated heterocycles. The molecule has 0 aromatic heterocycles. The molecule has 0 radical (unpaired) electrons. The number of nitrogens with zero attached hydrogens (tertiary/aromatic N) is 1. The Morgan fingerprint density at radius 2 is 2.05 bits per heavy atom. The lowest BCUT2D eigenvalue weighted by atomic mass is 10.0. The van der Waals surface area contributed by atoms with Gasteiger partial charge in [-0.1, -0.05) is 18.5 Å². The molecule has 2 rings (SSSR count). The van der Waals surface area contributed by atoms with Gasteiger partial charge in [0.2, 0.25) is 0 Å². The molecule has 1 aromatic rings. The Labute approximate surface area is 125 Å². The minimum absolute atomic E-state index is 0.123. The highest BCUT2D eigenvalue weighted by molar-refractivity contribution is 6.32. The summed E-state index contributed by atoms with van der Waals surface area (Å²) in [5, 5.41) is 0.591. The largest absolute Gasteiger partial charge is 0.486 e. The van der Waals surface area contributed by atoms with Gasteiger partial charge in [0.05, 0.1) is 5.02 Å². The van der Waals surface area contributed by atoms with E-state index in [9.17, 15) is 0 Å². The van der Waals surface area contributed by atoms with Crippen molar-refractivity contribution in [1.29, 1.82) is 0 Å². The van der Waals surface area contributed by atoms with Crippen LogP contribution < -0.4 is 15.2 Å². The summed E-state index contributed by atoms with van der Waals surface area (Å²) in [5.74, 6) is 1.36. The predicted octanol–water partition coefficient (Wildman–Crippen LogP) is 2.84. The highest BCUT2D eigenvalue weighted by Crippen LogP contribution is 2.40. The van der Waals surface area contributed by atoms with Crippen molar-refractivity contribution in [2.45, 2.75) is 32.4 Å². The molecule has 0 aliphatic carbocycles. The summed E-state index contributed by atoms with van der Waals surface area (Å²) in [4.78, 5) is 2.28. The number of hydrogen-bond acceptors (Lipinski definition) is 4. The van der Waals surface area contributed by atoms with E-state index >= 15 is 0 Å². The Kier molecular flexibility index (Phi) is 5.13. The molecular weight excluding hydrogens is 276 g/mol. The summed E-state index contributed by atoms with van der Waals surface area (Å²) >= 11 is 6.30. The topological polar surface area (TPSA) is 47.7 Å². The summed E-state index contributed by atoms with van der Waals surface area (Å²) in [6.07, 6.45) is 1.07. The van der Waals surface area contributed by atoms with E-state index in [1.807, 2.05) is 12.1 Å². The van der Waals surface area contributed by atoms with Crippen molar-refractivity contribution >= 4 is 11.6 Å². The van der Waals surface area contributed by atoms with Crippen LogP contribution in [0, 0.1) is 0 Å². The lowest BCUT2D eigenvalue weighted by Crippen LogP contribution is -2.36. The highest BCUT2D eigenvalue weighted by Gasteiger charge is 2.23. The second-order valence-corrected chi connectivity index (χ2v) is 5.61. The Balaban J connectivity index is 2.33. The molecular formula is C15H23ClN2O2. The van der Waals surface area contributed by atoms with Gasteiger partial charge in [0.15, 0.2) is 11.5 Å². The number of fused-ring (bicyclic) bond motifs is 1. The zero-order chi connectivity index (χ0) is 14.7. The van der Waals surface area contributed by atoms with Crippen LogP contribution in [0.4, 0.5) is 0 Å². The summed E-state index contributed by atoms with van der Waals surface area (Å²) in [6, 6.07) is 4.51. The average molecular weight is 299 g/mol. The number of halogens is 1. The molecule has 5 heteroatoms. The monoisotopic (exact) mass is 298 g/mol. The summed E-state index contributed by atoms with van der Waals surface area (Å²) < 4.78 is 11.2. The van der Waals surface area contributed by atoms with E-state index in [2.05, 4.69) is 25.8 Å². The first-order valence-corrected chi connectivity index (χ1v) is 7.47. The predicted molar refractivity (Wildman–Crippen MR) is 81.8 cm³/mol. The number of nitrogens with two attached hydrogens (primary N) is 1. The summed E-state index contributed by atoms with van der Waals surface area (Å²) in [5.41, 5.74) is 7.04. The Bertz CT molecular complexity index is 467. The quantitative estimate of drug-likeness (QED) is 0.908. The van der Waals surface area contributed by atoms with Crippen molar-refractivity contribution in [3.63, 3.8) is 0 Å². The maximum absolute atomic E-state index is 6.30. The van der Waals surface area contributed by atoms with Crippen LogP contribution in [0.15, 0.2) is 12.1 Å². The molecule has 0 fully saturated rings. The van der Waals surface area contributed by atoms with E-state index in [0.29, 0.717) is 36.6 Å². The van der Waals surface area contributed by atoms with Crippen LogP contribution in [-0.2, 0) is 0 Å². The van der Waals surface area contributed by atoms with Crippen LogP contribution in [-0.4, -0.2) is 37.7 Å². The lowest BCUT2D eigenvalue weighted by Gasteiger charge is -2.33. The average Bonchev–Trinajstić information content (AvgIpc) is 2.47. The number of likely N-dealkylation sites (N-methyl/N-ethyl adjacent to an activating group) is 1. The van der Waals surface area contributed by atoms with Gasteiger partial charge >= 0.3 is 0 Å². The van der Waals surface area contributed by atoms with Gasteiger partial charge in [-0.15, -0.1) is 0 Å². The fraction of sp³-hybridized carbons (Fsp3) is 0.600. The van der Waals surface area contributed by atoms with Crippen molar-refractivity contribution < 1.29 is 9.47 Å². The number of hydrogen-bond donors (Lipinski definition) is 1. The van der Waals surface area contributed by atoms with Gasteiger partial charge in [-0.3, -0.25) is 4.90 Å². The second kappa shape index (κ2) is 6.66. The number of rotatable bonds is 5.